The van der Waals surface area contributed by atoms with Crippen LogP contribution in [0.3, 0.4) is 0 Å². The average molecular weight is 579 g/mol. The Balaban J connectivity index is 3.55. The largest absolute Gasteiger partial charge is 0.472 e. The average Bonchev–Trinajstić information content (AvgIpc) is 2.86. The van der Waals surface area contributed by atoms with E-state index in [2.05, 4.69) is 19.1 Å². The van der Waals surface area contributed by atoms with E-state index in [0.29, 0.717) is 17.6 Å². The van der Waals surface area contributed by atoms with Crippen molar-refractivity contribution >= 4 is 7.82 Å². The van der Waals surface area contributed by atoms with Crippen molar-refractivity contribution in [2.24, 2.45) is 0 Å². The summed E-state index contributed by atoms with van der Waals surface area (Å²) in [5.74, 6) is 0. The summed E-state index contributed by atoms with van der Waals surface area (Å²) in [5.41, 5.74) is 0. The van der Waals surface area contributed by atoms with Crippen LogP contribution < -0.4 is 0 Å². The molecule has 2 atom stereocenters. The lowest BCUT2D eigenvalue weighted by Gasteiger charge is -2.25. The van der Waals surface area contributed by atoms with Crippen molar-refractivity contribution in [1.82, 2.24) is 0 Å². The van der Waals surface area contributed by atoms with Crippen LogP contribution in [0, 0.1) is 0 Å². The van der Waals surface area contributed by atoms with E-state index in [1.54, 1.807) is 0 Å². The van der Waals surface area contributed by atoms with E-state index in [4.69, 9.17) is 18.5 Å². The summed E-state index contributed by atoms with van der Waals surface area (Å²) >= 11 is 0. The molecule has 0 spiro atoms. The van der Waals surface area contributed by atoms with Crippen molar-refractivity contribution < 1.29 is 32.5 Å². The molecule has 0 heterocycles. The fourth-order valence-corrected chi connectivity index (χ4v) is 5.19. The van der Waals surface area contributed by atoms with E-state index >= 15 is 0 Å². The Bertz CT molecular complexity index is 596. The standard InChI is InChI=1S/C31H64NO6P/c1-6-7-8-9-10-11-12-13-14-15-16-17-18-19-20-21-22-23-24-25-27-36-30-31(29-35-5)38-39(33,34)37-28-26-32(2,3)4/h13-14,31H,6-12,15-30H2,1-5H3/p+1/b14-13-/t31-/m1/s1. The molecule has 8 heteroatoms. The Labute approximate surface area is 242 Å². The van der Waals surface area contributed by atoms with Gasteiger partial charge in [0, 0.05) is 13.7 Å². The van der Waals surface area contributed by atoms with Gasteiger partial charge in [0.1, 0.15) is 19.3 Å². The third kappa shape index (κ3) is 30.5. The van der Waals surface area contributed by atoms with Gasteiger partial charge in [0.2, 0.25) is 0 Å². The van der Waals surface area contributed by atoms with Gasteiger partial charge in [-0.15, -0.1) is 0 Å². The van der Waals surface area contributed by atoms with Gasteiger partial charge < -0.3 is 18.9 Å². The lowest BCUT2D eigenvalue weighted by atomic mass is 10.1. The van der Waals surface area contributed by atoms with Gasteiger partial charge in [-0.25, -0.2) is 4.57 Å². The summed E-state index contributed by atoms with van der Waals surface area (Å²) in [7, 11) is 3.38. The third-order valence-corrected chi connectivity index (χ3v) is 7.83. The molecule has 0 aromatic carbocycles. The van der Waals surface area contributed by atoms with E-state index in [9.17, 15) is 9.46 Å². The van der Waals surface area contributed by atoms with Crippen molar-refractivity contribution in [3.63, 3.8) is 0 Å². The van der Waals surface area contributed by atoms with Crippen LogP contribution in [0.15, 0.2) is 12.2 Å². The normalized spacial score (nSPS) is 14.7. The second-order valence-electron chi connectivity index (χ2n) is 11.9. The Morgan fingerprint density at radius 1 is 0.718 bits per heavy atom. The van der Waals surface area contributed by atoms with E-state index in [-0.39, 0.29) is 19.8 Å². The summed E-state index contributed by atoms with van der Waals surface area (Å²) in [6, 6.07) is 0. The van der Waals surface area contributed by atoms with Crippen LogP contribution in [0.25, 0.3) is 0 Å². The minimum absolute atomic E-state index is 0.148. The first-order chi connectivity index (χ1) is 18.7. The van der Waals surface area contributed by atoms with E-state index in [0.717, 1.165) is 12.8 Å². The molecule has 0 fully saturated rings. The number of phosphoric ester groups is 1. The summed E-state index contributed by atoms with van der Waals surface area (Å²) in [4.78, 5) is 9.98. The highest BCUT2D eigenvalue weighted by atomic mass is 31.2. The van der Waals surface area contributed by atoms with Crippen LogP contribution in [0.2, 0.25) is 0 Å². The van der Waals surface area contributed by atoms with Crippen molar-refractivity contribution in [3.8, 4) is 0 Å². The molecule has 7 nitrogen and oxygen atoms in total. The first kappa shape index (κ1) is 38.7. The molecule has 0 saturated carbocycles. The van der Waals surface area contributed by atoms with Gasteiger partial charge >= 0.3 is 7.82 Å². The minimum Gasteiger partial charge on any atom is -0.382 e. The molecule has 39 heavy (non-hydrogen) atoms. The molecule has 0 rings (SSSR count). The fraction of sp³-hybridized carbons (Fsp3) is 0.935. The predicted octanol–water partition coefficient (Wildman–Crippen LogP) is 8.46. The molecule has 1 N–H and O–H groups in total. The molecule has 0 aromatic heterocycles. The van der Waals surface area contributed by atoms with Crippen LogP contribution in [-0.2, 0) is 23.1 Å². The van der Waals surface area contributed by atoms with Crippen LogP contribution in [-0.4, -0.2) is 76.7 Å². The van der Waals surface area contributed by atoms with Gasteiger partial charge in [0.25, 0.3) is 0 Å². The molecule has 1 unspecified atom stereocenters. The molecule has 0 amide bonds. The predicted molar refractivity (Wildman–Crippen MR) is 164 cm³/mol. The summed E-state index contributed by atoms with van der Waals surface area (Å²) in [5, 5.41) is 0. The van der Waals surface area contributed by atoms with Gasteiger partial charge in [-0.05, 0) is 32.1 Å². The number of unbranched alkanes of at least 4 members (excludes halogenated alkanes) is 16. The van der Waals surface area contributed by atoms with Crippen molar-refractivity contribution in [1.29, 1.82) is 0 Å². The SMILES string of the molecule is CCCCCCCC/C=C\CCCCCCCCCCCCOC[C@@H](COC)OP(=O)(O)OCC[N+](C)(C)C. The molecular weight excluding hydrogens is 513 g/mol. The van der Waals surface area contributed by atoms with E-state index < -0.39 is 13.9 Å². The number of hydrogen-bond donors (Lipinski definition) is 1. The second kappa shape index (κ2) is 26.6. The number of allylic oxidation sites excluding steroid dienone is 2. The third-order valence-electron chi connectivity index (χ3n) is 6.76. The lowest BCUT2D eigenvalue weighted by molar-refractivity contribution is -0.870. The van der Waals surface area contributed by atoms with Crippen LogP contribution >= 0.6 is 7.82 Å². The van der Waals surface area contributed by atoms with Gasteiger partial charge in [0.15, 0.2) is 0 Å². The molecule has 234 valence electrons. The van der Waals surface area contributed by atoms with Gasteiger partial charge in [-0.3, -0.25) is 9.05 Å². The first-order valence-corrected chi connectivity index (χ1v) is 17.4. The smallest absolute Gasteiger partial charge is 0.382 e. The number of methoxy groups -OCH3 is 1. The number of hydrogen-bond acceptors (Lipinski definition) is 5. The maximum Gasteiger partial charge on any atom is 0.472 e. The van der Waals surface area contributed by atoms with Crippen molar-refractivity contribution in [2.45, 2.75) is 129 Å². The monoisotopic (exact) mass is 578 g/mol. The maximum atomic E-state index is 12.2. The topological polar surface area (TPSA) is 74.2 Å². The maximum absolute atomic E-state index is 12.2. The molecular formula is C31H65NO6P+. The molecule has 0 bridgehead atoms. The van der Waals surface area contributed by atoms with Crippen molar-refractivity contribution in [2.75, 3.05) is 61.2 Å². The second-order valence-corrected chi connectivity index (χ2v) is 13.3. The highest BCUT2D eigenvalue weighted by Gasteiger charge is 2.27. The molecule has 0 aliphatic carbocycles. The van der Waals surface area contributed by atoms with Crippen molar-refractivity contribution in [3.05, 3.63) is 12.2 Å². The van der Waals surface area contributed by atoms with Crippen LogP contribution in [0.4, 0.5) is 0 Å². The molecule has 0 saturated heterocycles. The quantitative estimate of drug-likeness (QED) is 0.0399. The number of phosphoric acid groups is 1. The molecule has 0 aliphatic rings. The highest BCUT2D eigenvalue weighted by molar-refractivity contribution is 7.47. The van der Waals surface area contributed by atoms with E-state index in [1.165, 1.54) is 110 Å². The van der Waals surface area contributed by atoms with Gasteiger partial charge in [0.05, 0.1) is 34.4 Å². The van der Waals surface area contributed by atoms with Gasteiger partial charge in [-0.2, -0.15) is 0 Å². The minimum atomic E-state index is -4.14. The zero-order valence-electron chi connectivity index (χ0n) is 26.4. The van der Waals surface area contributed by atoms with E-state index in [1.807, 2.05) is 21.1 Å². The Morgan fingerprint density at radius 2 is 1.21 bits per heavy atom. The molecule has 0 radical (unpaired) electrons. The van der Waals surface area contributed by atoms with Crippen LogP contribution in [0.1, 0.15) is 122 Å². The zero-order valence-corrected chi connectivity index (χ0v) is 27.3. The van der Waals surface area contributed by atoms with Gasteiger partial charge in [-0.1, -0.05) is 103 Å². The fourth-order valence-electron chi connectivity index (χ4n) is 4.32. The number of likely N-dealkylation sites (N-methyl/N-ethyl adjacent to an activating group) is 1. The van der Waals surface area contributed by atoms with Crippen LogP contribution in [0.5, 0.6) is 0 Å². The highest BCUT2D eigenvalue weighted by Crippen LogP contribution is 2.44. The summed E-state index contributed by atoms with van der Waals surface area (Å²) in [6.45, 7) is 4.04. The first-order valence-electron chi connectivity index (χ1n) is 15.9. The summed E-state index contributed by atoms with van der Waals surface area (Å²) in [6.07, 6.45) is 27.7. The Hall–Kier alpha value is -0.270. The zero-order chi connectivity index (χ0) is 29.1. The number of nitrogens with zero attached hydrogens (tertiary/aromatic N) is 1. The number of rotatable bonds is 30. The number of ether oxygens (including phenoxy) is 2. The molecule has 0 aliphatic heterocycles. The lowest BCUT2D eigenvalue weighted by Crippen LogP contribution is -2.37. The Morgan fingerprint density at radius 3 is 1.69 bits per heavy atom. The Kier molecular flexibility index (Phi) is 26.4. The summed E-state index contributed by atoms with van der Waals surface area (Å²) < 4.78 is 34.0. The number of quaternary nitrogens is 1. The molecule has 0 aromatic rings.